The molecule has 4 rings (SSSR count). The standard InChI is InChI=1S/C29H32F2O5.C3H6/c1-29(2,3)28(35-5)23-15-18(9-12-21(23)22-16-20(34-4)11-13-24(22)30)17-36-25-8-6-7-19(27(25)31)10-14-26(32)33;1-2-3-1/h6-9,11-13,15-16,28H,10,14,17H2,1-5H3,(H,32,33);1-3H2. The molecule has 1 unspecified atom stereocenters. The number of hydrogen-bond donors (Lipinski definition) is 1. The summed E-state index contributed by atoms with van der Waals surface area (Å²) in [6, 6.07) is 14.8. The van der Waals surface area contributed by atoms with Crippen molar-refractivity contribution in [1.82, 2.24) is 0 Å². The Hall–Kier alpha value is -3.45. The number of methoxy groups -OCH3 is 2. The normalized spacial score (nSPS) is 13.2. The van der Waals surface area contributed by atoms with E-state index in [-0.39, 0.29) is 48.1 Å². The van der Waals surface area contributed by atoms with Crippen LogP contribution >= 0.6 is 0 Å². The maximum atomic E-state index is 14.9. The van der Waals surface area contributed by atoms with E-state index in [1.165, 1.54) is 38.5 Å². The second-order valence-electron chi connectivity index (χ2n) is 10.7. The monoisotopic (exact) mass is 540 g/mol. The van der Waals surface area contributed by atoms with Crippen LogP contribution < -0.4 is 9.47 Å². The topological polar surface area (TPSA) is 65.0 Å². The highest BCUT2D eigenvalue weighted by molar-refractivity contribution is 5.70. The largest absolute Gasteiger partial charge is 0.497 e. The molecule has 1 atom stereocenters. The van der Waals surface area contributed by atoms with E-state index in [1.54, 1.807) is 37.4 Å². The summed E-state index contributed by atoms with van der Waals surface area (Å²) in [5.41, 5.74) is 2.56. The van der Waals surface area contributed by atoms with Crippen molar-refractivity contribution in [3.63, 3.8) is 0 Å². The van der Waals surface area contributed by atoms with Gasteiger partial charge in [-0.25, -0.2) is 8.78 Å². The van der Waals surface area contributed by atoms with Gasteiger partial charge in [-0.3, -0.25) is 4.79 Å². The highest BCUT2D eigenvalue weighted by Crippen LogP contribution is 2.42. The molecule has 210 valence electrons. The number of hydrogen-bond acceptors (Lipinski definition) is 4. The van der Waals surface area contributed by atoms with Crippen LogP contribution in [0.4, 0.5) is 8.78 Å². The molecule has 7 heteroatoms. The predicted octanol–water partition coefficient (Wildman–Crippen LogP) is 8.14. The molecular formula is C32H38F2O5. The van der Waals surface area contributed by atoms with E-state index in [0.717, 1.165) is 11.1 Å². The smallest absolute Gasteiger partial charge is 0.303 e. The van der Waals surface area contributed by atoms with Gasteiger partial charge in [-0.15, -0.1) is 0 Å². The highest BCUT2D eigenvalue weighted by atomic mass is 19.1. The molecule has 1 aliphatic carbocycles. The Morgan fingerprint density at radius 3 is 2.28 bits per heavy atom. The fraction of sp³-hybridized carbons (Fsp3) is 0.406. The molecule has 0 radical (unpaired) electrons. The molecule has 1 saturated carbocycles. The maximum Gasteiger partial charge on any atom is 0.303 e. The Morgan fingerprint density at radius 2 is 1.69 bits per heavy atom. The lowest BCUT2D eigenvalue weighted by Crippen LogP contribution is -2.21. The Morgan fingerprint density at radius 1 is 0.974 bits per heavy atom. The SMILES string of the molecule is C1CC1.COc1ccc(F)c(-c2ccc(COc3cccc(CCC(=O)O)c3F)cc2C(OC)C(C)(C)C)c1. The third kappa shape index (κ3) is 8.52. The number of benzene rings is 3. The molecule has 1 fully saturated rings. The Labute approximate surface area is 229 Å². The fourth-order valence-corrected chi connectivity index (χ4v) is 4.21. The summed E-state index contributed by atoms with van der Waals surface area (Å²) in [5.74, 6) is -1.37. The summed E-state index contributed by atoms with van der Waals surface area (Å²) in [5, 5.41) is 8.89. The number of ether oxygens (including phenoxy) is 3. The van der Waals surface area contributed by atoms with Gasteiger partial charge in [-0.05, 0) is 64.4 Å². The van der Waals surface area contributed by atoms with E-state index >= 15 is 0 Å². The van der Waals surface area contributed by atoms with E-state index in [2.05, 4.69) is 0 Å². The van der Waals surface area contributed by atoms with Crippen molar-refractivity contribution in [3.05, 3.63) is 82.9 Å². The van der Waals surface area contributed by atoms with Gasteiger partial charge in [0.1, 0.15) is 18.2 Å². The summed E-state index contributed by atoms with van der Waals surface area (Å²) in [6.07, 6.45) is 4.04. The first kappa shape index (κ1) is 30.1. The van der Waals surface area contributed by atoms with Crippen LogP contribution in [0, 0.1) is 17.0 Å². The first-order chi connectivity index (χ1) is 18.5. The van der Waals surface area contributed by atoms with E-state index in [0.29, 0.717) is 16.9 Å². The van der Waals surface area contributed by atoms with Crippen LogP contribution in [-0.4, -0.2) is 25.3 Å². The van der Waals surface area contributed by atoms with Gasteiger partial charge in [0, 0.05) is 19.1 Å². The van der Waals surface area contributed by atoms with Crippen molar-refractivity contribution in [2.75, 3.05) is 14.2 Å². The zero-order valence-electron chi connectivity index (χ0n) is 23.4. The van der Waals surface area contributed by atoms with E-state index in [9.17, 15) is 13.6 Å². The number of carbonyl (C=O) groups is 1. The second kappa shape index (κ2) is 13.6. The molecular weight excluding hydrogens is 502 g/mol. The van der Waals surface area contributed by atoms with Gasteiger partial charge < -0.3 is 19.3 Å². The summed E-state index contributed by atoms with van der Waals surface area (Å²) in [4.78, 5) is 10.9. The van der Waals surface area contributed by atoms with Crippen LogP contribution in [0.25, 0.3) is 11.1 Å². The van der Waals surface area contributed by atoms with Crippen LogP contribution in [0.3, 0.4) is 0 Å². The van der Waals surface area contributed by atoms with Gasteiger partial charge in [0.2, 0.25) is 0 Å². The van der Waals surface area contributed by atoms with Crippen LogP contribution in [-0.2, 0) is 22.6 Å². The molecule has 3 aromatic carbocycles. The van der Waals surface area contributed by atoms with Gasteiger partial charge in [0.15, 0.2) is 11.6 Å². The van der Waals surface area contributed by atoms with Crippen LogP contribution in [0.1, 0.15) is 69.2 Å². The summed E-state index contributed by atoms with van der Waals surface area (Å²) >= 11 is 0. The summed E-state index contributed by atoms with van der Waals surface area (Å²) in [7, 11) is 3.14. The predicted molar refractivity (Wildman–Crippen MR) is 148 cm³/mol. The number of carboxylic acids is 1. The van der Waals surface area contributed by atoms with E-state index < -0.39 is 11.8 Å². The van der Waals surface area contributed by atoms with E-state index in [1.807, 2.05) is 32.9 Å². The molecule has 0 aliphatic heterocycles. The molecule has 3 aromatic rings. The van der Waals surface area contributed by atoms with Gasteiger partial charge in [-0.2, -0.15) is 0 Å². The van der Waals surface area contributed by atoms with Crippen molar-refractivity contribution < 1.29 is 32.9 Å². The summed E-state index contributed by atoms with van der Waals surface area (Å²) < 4.78 is 46.7. The van der Waals surface area contributed by atoms with Crippen LogP contribution in [0.15, 0.2) is 54.6 Å². The minimum Gasteiger partial charge on any atom is -0.497 e. The molecule has 39 heavy (non-hydrogen) atoms. The number of rotatable bonds is 10. The van der Waals surface area contributed by atoms with Gasteiger partial charge in [0.05, 0.1) is 13.2 Å². The zero-order chi connectivity index (χ0) is 28.6. The molecule has 1 N–H and O–H groups in total. The lowest BCUT2D eigenvalue weighted by Gasteiger charge is -2.32. The minimum atomic E-state index is -0.993. The number of aliphatic carboxylic acids is 1. The molecule has 0 heterocycles. The van der Waals surface area contributed by atoms with Crippen molar-refractivity contribution in [3.8, 4) is 22.6 Å². The van der Waals surface area contributed by atoms with Gasteiger partial charge in [-0.1, -0.05) is 64.3 Å². The lowest BCUT2D eigenvalue weighted by molar-refractivity contribution is -0.136. The number of aryl methyl sites for hydroxylation is 1. The van der Waals surface area contributed by atoms with Gasteiger partial charge >= 0.3 is 5.97 Å². The second-order valence-corrected chi connectivity index (χ2v) is 10.7. The maximum absolute atomic E-state index is 14.9. The van der Waals surface area contributed by atoms with Crippen molar-refractivity contribution in [2.24, 2.45) is 5.41 Å². The van der Waals surface area contributed by atoms with Crippen molar-refractivity contribution in [2.45, 2.75) is 65.6 Å². The molecule has 5 nitrogen and oxygen atoms in total. The zero-order valence-corrected chi connectivity index (χ0v) is 23.4. The Bertz CT molecular complexity index is 1260. The molecule has 0 amide bonds. The average Bonchev–Trinajstić information content (AvgIpc) is 3.77. The van der Waals surface area contributed by atoms with E-state index in [4.69, 9.17) is 19.3 Å². The highest BCUT2D eigenvalue weighted by Gasteiger charge is 2.29. The van der Waals surface area contributed by atoms with Crippen molar-refractivity contribution in [1.29, 1.82) is 0 Å². The molecule has 0 bridgehead atoms. The fourth-order valence-electron chi connectivity index (χ4n) is 4.21. The molecule has 0 saturated heterocycles. The quantitative estimate of drug-likeness (QED) is 0.281. The number of carboxylic acid groups (broad SMARTS) is 1. The number of halogens is 2. The third-order valence-corrected chi connectivity index (χ3v) is 6.28. The van der Waals surface area contributed by atoms with Crippen LogP contribution in [0.2, 0.25) is 0 Å². The third-order valence-electron chi connectivity index (χ3n) is 6.28. The first-order valence-corrected chi connectivity index (χ1v) is 13.2. The molecule has 0 spiro atoms. The van der Waals surface area contributed by atoms with Crippen LogP contribution in [0.5, 0.6) is 11.5 Å². The first-order valence-electron chi connectivity index (χ1n) is 13.2. The molecule has 0 aromatic heterocycles. The average molecular weight is 541 g/mol. The van der Waals surface area contributed by atoms with Gasteiger partial charge in [0.25, 0.3) is 0 Å². The Kier molecular flexibility index (Phi) is 10.5. The molecule has 1 aliphatic rings. The minimum absolute atomic E-state index is 0.0430. The van der Waals surface area contributed by atoms with Crippen molar-refractivity contribution >= 4 is 5.97 Å². The summed E-state index contributed by atoms with van der Waals surface area (Å²) in [6.45, 7) is 6.17. The Balaban J connectivity index is 0.00000131. The lowest BCUT2D eigenvalue weighted by atomic mass is 9.81.